The third-order valence-corrected chi connectivity index (χ3v) is 3.63. The quantitative estimate of drug-likeness (QED) is 0.567. The molecule has 8 nitrogen and oxygen atoms in total. The second-order valence-corrected chi connectivity index (χ2v) is 5.23. The van der Waals surface area contributed by atoms with Crippen molar-refractivity contribution in [2.24, 2.45) is 5.90 Å². The van der Waals surface area contributed by atoms with Gasteiger partial charge in [-0.3, -0.25) is 4.79 Å². The van der Waals surface area contributed by atoms with E-state index in [0.29, 0.717) is 22.8 Å². The number of nitrogens with two attached hydrogens (primary N) is 1. The van der Waals surface area contributed by atoms with Crippen LogP contribution in [0.15, 0.2) is 42.5 Å². The van der Waals surface area contributed by atoms with Crippen molar-refractivity contribution in [3.05, 3.63) is 53.6 Å². The summed E-state index contributed by atoms with van der Waals surface area (Å²) in [6.07, 6.45) is 2.88. The average Bonchev–Trinajstić information content (AvgIpc) is 2.71. The summed E-state index contributed by atoms with van der Waals surface area (Å²) < 4.78 is 15.8. The number of carbonyl (C=O) groups excluding carboxylic acids is 2. The highest BCUT2D eigenvalue weighted by molar-refractivity contribution is 6.06. The van der Waals surface area contributed by atoms with Gasteiger partial charge >= 0.3 is 5.97 Å². The van der Waals surface area contributed by atoms with E-state index in [1.807, 2.05) is 0 Å². The fourth-order valence-electron chi connectivity index (χ4n) is 2.38. The second kappa shape index (κ2) is 9.25. The maximum Gasteiger partial charge on any atom is 0.358 e. The van der Waals surface area contributed by atoms with Gasteiger partial charge in [-0.2, -0.15) is 5.90 Å². The van der Waals surface area contributed by atoms with Gasteiger partial charge in [0.05, 0.1) is 32.6 Å². The zero-order valence-corrected chi connectivity index (χ0v) is 15.1. The van der Waals surface area contributed by atoms with Gasteiger partial charge in [-0.25, -0.2) is 4.79 Å². The van der Waals surface area contributed by atoms with Crippen LogP contribution in [0.4, 0.5) is 5.69 Å². The van der Waals surface area contributed by atoms with E-state index in [2.05, 4.69) is 10.2 Å². The highest BCUT2D eigenvalue weighted by Gasteiger charge is 2.14. The zero-order chi connectivity index (χ0) is 19.8. The first-order chi connectivity index (χ1) is 13.0. The predicted octanol–water partition coefficient (Wildman–Crippen LogP) is 2.39. The van der Waals surface area contributed by atoms with Crippen LogP contribution in [0.5, 0.6) is 17.2 Å². The van der Waals surface area contributed by atoms with E-state index < -0.39 is 11.9 Å². The van der Waals surface area contributed by atoms with Crippen LogP contribution in [-0.4, -0.2) is 33.2 Å². The van der Waals surface area contributed by atoms with Crippen LogP contribution < -0.4 is 25.4 Å². The van der Waals surface area contributed by atoms with E-state index in [0.717, 1.165) is 0 Å². The van der Waals surface area contributed by atoms with Crippen LogP contribution in [-0.2, 0) is 9.63 Å². The third-order valence-electron chi connectivity index (χ3n) is 3.63. The first-order valence-corrected chi connectivity index (χ1v) is 7.83. The number of hydrogen-bond acceptors (Lipinski definition) is 7. The molecule has 0 atom stereocenters. The number of rotatable bonds is 7. The number of nitrogens with one attached hydrogen (secondary N) is 1. The molecule has 0 aliphatic rings. The Morgan fingerprint density at radius 2 is 1.63 bits per heavy atom. The minimum atomic E-state index is -0.750. The summed E-state index contributed by atoms with van der Waals surface area (Å²) in [5.41, 5.74) is 1.09. The molecule has 2 aromatic rings. The first-order valence-electron chi connectivity index (χ1n) is 7.83. The van der Waals surface area contributed by atoms with E-state index >= 15 is 0 Å². The molecule has 3 N–H and O–H groups in total. The molecule has 0 saturated heterocycles. The van der Waals surface area contributed by atoms with E-state index in [-0.39, 0.29) is 11.3 Å². The standard InChI is InChI=1S/C19H20N2O6/c1-24-15-10-12(11-16(25-2)18(15)26-3)8-9-17(22)21-14-7-5-4-6-13(14)19(23)27-20/h4-11H,20H2,1-3H3,(H,21,22)/b9-8+. The van der Waals surface area contributed by atoms with E-state index in [4.69, 9.17) is 20.1 Å². The molecule has 27 heavy (non-hydrogen) atoms. The number of hydrogen-bond donors (Lipinski definition) is 2. The molecule has 0 aliphatic heterocycles. The Labute approximate surface area is 156 Å². The van der Waals surface area contributed by atoms with E-state index in [1.54, 1.807) is 36.4 Å². The molecular weight excluding hydrogens is 352 g/mol. The van der Waals surface area contributed by atoms with Gasteiger partial charge in [-0.15, -0.1) is 0 Å². The molecule has 1 amide bonds. The normalized spacial score (nSPS) is 10.4. The Kier molecular flexibility index (Phi) is 6.79. The highest BCUT2D eigenvalue weighted by Crippen LogP contribution is 2.38. The van der Waals surface area contributed by atoms with Gasteiger partial charge in [0.25, 0.3) is 0 Å². The third kappa shape index (κ3) is 4.77. The van der Waals surface area contributed by atoms with Gasteiger partial charge < -0.3 is 24.4 Å². The van der Waals surface area contributed by atoms with Crippen LogP contribution in [0.1, 0.15) is 15.9 Å². The van der Waals surface area contributed by atoms with Gasteiger partial charge in [0.2, 0.25) is 11.7 Å². The molecule has 0 unspecified atom stereocenters. The smallest absolute Gasteiger partial charge is 0.358 e. The molecular formula is C19H20N2O6. The van der Waals surface area contributed by atoms with Crippen molar-refractivity contribution in [2.75, 3.05) is 26.6 Å². The molecule has 8 heteroatoms. The van der Waals surface area contributed by atoms with Crippen LogP contribution in [0.2, 0.25) is 0 Å². The Hall–Kier alpha value is -3.52. The molecule has 0 bridgehead atoms. The molecule has 0 aromatic heterocycles. The van der Waals surface area contributed by atoms with Crippen molar-refractivity contribution in [3.63, 3.8) is 0 Å². The van der Waals surface area contributed by atoms with Gasteiger partial charge in [-0.05, 0) is 35.9 Å². The Morgan fingerprint density at radius 3 is 2.19 bits per heavy atom. The molecule has 0 saturated carbocycles. The molecule has 2 rings (SSSR count). The number of benzene rings is 2. The Balaban J connectivity index is 2.22. The number of ether oxygens (including phenoxy) is 3. The maximum absolute atomic E-state index is 12.2. The van der Waals surface area contributed by atoms with Crippen LogP contribution in [0.3, 0.4) is 0 Å². The van der Waals surface area contributed by atoms with Crippen molar-refractivity contribution >= 4 is 23.6 Å². The van der Waals surface area contributed by atoms with Crippen LogP contribution >= 0.6 is 0 Å². The number of para-hydroxylation sites is 1. The summed E-state index contributed by atoms with van der Waals surface area (Å²) in [5.74, 6) is 5.10. The predicted molar refractivity (Wildman–Crippen MR) is 99.8 cm³/mol. The van der Waals surface area contributed by atoms with Gasteiger partial charge in [0.15, 0.2) is 11.5 Å². The van der Waals surface area contributed by atoms with Crippen LogP contribution in [0, 0.1) is 0 Å². The lowest BCUT2D eigenvalue weighted by Crippen LogP contribution is -2.15. The molecule has 0 aliphatic carbocycles. The summed E-state index contributed by atoms with van der Waals surface area (Å²) in [6.45, 7) is 0. The summed E-state index contributed by atoms with van der Waals surface area (Å²) in [7, 11) is 4.52. The zero-order valence-electron chi connectivity index (χ0n) is 15.1. The number of carbonyl (C=O) groups is 2. The first kappa shape index (κ1) is 19.8. The summed E-state index contributed by atoms with van der Waals surface area (Å²) in [5, 5.41) is 2.61. The molecule has 0 spiro atoms. The van der Waals surface area contributed by atoms with Crippen molar-refractivity contribution in [1.29, 1.82) is 0 Å². The van der Waals surface area contributed by atoms with E-state index in [9.17, 15) is 9.59 Å². The SMILES string of the molecule is COc1cc(/C=C/C(=O)Nc2ccccc2C(=O)ON)cc(OC)c1OC. The summed E-state index contributed by atoms with van der Waals surface area (Å²) >= 11 is 0. The van der Waals surface area contributed by atoms with E-state index in [1.165, 1.54) is 33.5 Å². The number of amides is 1. The molecule has 0 radical (unpaired) electrons. The van der Waals surface area contributed by atoms with Crippen molar-refractivity contribution in [2.45, 2.75) is 0 Å². The highest BCUT2D eigenvalue weighted by atomic mass is 16.7. The van der Waals surface area contributed by atoms with Crippen molar-refractivity contribution in [3.8, 4) is 17.2 Å². The van der Waals surface area contributed by atoms with Crippen molar-refractivity contribution in [1.82, 2.24) is 0 Å². The summed E-state index contributed by atoms with van der Waals surface area (Å²) in [4.78, 5) is 28.1. The lowest BCUT2D eigenvalue weighted by atomic mass is 10.1. The fraction of sp³-hybridized carbons (Fsp3) is 0.158. The number of anilines is 1. The second-order valence-electron chi connectivity index (χ2n) is 5.23. The lowest BCUT2D eigenvalue weighted by molar-refractivity contribution is -0.111. The fourth-order valence-corrected chi connectivity index (χ4v) is 2.38. The largest absolute Gasteiger partial charge is 0.493 e. The maximum atomic E-state index is 12.2. The molecule has 2 aromatic carbocycles. The van der Waals surface area contributed by atoms with Crippen LogP contribution in [0.25, 0.3) is 6.08 Å². The molecule has 0 heterocycles. The Morgan fingerprint density at radius 1 is 1.00 bits per heavy atom. The number of methoxy groups -OCH3 is 3. The van der Waals surface area contributed by atoms with Gasteiger partial charge in [0, 0.05) is 6.08 Å². The minimum absolute atomic E-state index is 0.148. The van der Waals surface area contributed by atoms with Gasteiger partial charge in [0.1, 0.15) is 0 Å². The molecule has 0 fully saturated rings. The lowest BCUT2D eigenvalue weighted by Gasteiger charge is -2.12. The van der Waals surface area contributed by atoms with Gasteiger partial charge in [-0.1, -0.05) is 12.1 Å². The summed E-state index contributed by atoms with van der Waals surface area (Å²) in [6, 6.07) is 9.76. The average molecular weight is 372 g/mol. The molecule has 142 valence electrons. The topological polar surface area (TPSA) is 109 Å². The Bertz CT molecular complexity index is 838. The minimum Gasteiger partial charge on any atom is -0.493 e. The van der Waals surface area contributed by atoms with Crippen molar-refractivity contribution < 1.29 is 28.6 Å². The monoisotopic (exact) mass is 372 g/mol.